The average Bonchev–Trinajstić information content (AvgIpc) is 2.77. The van der Waals surface area contributed by atoms with Crippen LogP contribution >= 0.6 is 11.8 Å². The van der Waals surface area contributed by atoms with Crippen molar-refractivity contribution in [3.05, 3.63) is 23.8 Å². The standard InChI is InChI=1S/C12H16N2OS/c1-2-12-11(15-9-16-12)7-10(1)8-14-5-3-13-4-6-14/h1-2,7,13H,3-6,8-9H2. The van der Waals surface area contributed by atoms with E-state index in [2.05, 4.69) is 28.4 Å². The van der Waals surface area contributed by atoms with E-state index in [9.17, 15) is 0 Å². The molecule has 0 saturated carbocycles. The van der Waals surface area contributed by atoms with Crippen molar-refractivity contribution < 1.29 is 4.74 Å². The Morgan fingerprint density at radius 2 is 2.19 bits per heavy atom. The number of fused-ring (bicyclic) bond motifs is 1. The molecule has 16 heavy (non-hydrogen) atoms. The Labute approximate surface area is 100 Å². The maximum atomic E-state index is 5.56. The lowest BCUT2D eigenvalue weighted by atomic mass is 10.2. The number of hydrogen-bond acceptors (Lipinski definition) is 4. The van der Waals surface area contributed by atoms with E-state index in [0.29, 0.717) is 0 Å². The van der Waals surface area contributed by atoms with Gasteiger partial charge in [0.2, 0.25) is 0 Å². The van der Waals surface area contributed by atoms with Gasteiger partial charge >= 0.3 is 0 Å². The first-order valence-electron chi connectivity index (χ1n) is 5.73. The van der Waals surface area contributed by atoms with Crippen LogP contribution in [0.3, 0.4) is 0 Å². The molecule has 0 spiro atoms. The third-order valence-electron chi connectivity index (χ3n) is 3.05. The largest absolute Gasteiger partial charge is 0.481 e. The molecule has 4 heteroatoms. The summed E-state index contributed by atoms with van der Waals surface area (Å²) >= 11 is 1.78. The predicted molar refractivity (Wildman–Crippen MR) is 65.9 cm³/mol. The van der Waals surface area contributed by atoms with Crippen LogP contribution in [0.2, 0.25) is 0 Å². The number of rotatable bonds is 2. The third kappa shape index (κ3) is 2.19. The second-order valence-electron chi connectivity index (χ2n) is 4.21. The molecule has 1 aromatic rings. The molecule has 3 nitrogen and oxygen atoms in total. The molecule has 1 saturated heterocycles. The molecule has 86 valence electrons. The van der Waals surface area contributed by atoms with Gasteiger partial charge in [0, 0.05) is 32.7 Å². The molecule has 0 atom stereocenters. The maximum absolute atomic E-state index is 5.56. The minimum Gasteiger partial charge on any atom is -0.481 e. The Morgan fingerprint density at radius 1 is 1.31 bits per heavy atom. The van der Waals surface area contributed by atoms with E-state index < -0.39 is 0 Å². The first-order chi connectivity index (χ1) is 7.92. The minimum absolute atomic E-state index is 0.770. The lowest BCUT2D eigenvalue weighted by Gasteiger charge is -2.27. The number of benzene rings is 1. The van der Waals surface area contributed by atoms with Gasteiger partial charge in [-0.05, 0) is 17.7 Å². The molecule has 2 aliphatic rings. The zero-order valence-electron chi connectivity index (χ0n) is 9.24. The average molecular weight is 236 g/mol. The van der Waals surface area contributed by atoms with Crippen molar-refractivity contribution in [1.82, 2.24) is 10.2 Å². The van der Waals surface area contributed by atoms with E-state index in [1.807, 2.05) is 0 Å². The SMILES string of the molecule is c1cc2c(cc1CN1CCNCC1)OCS2. The molecular weight excluding hydrogens is 220 g/mol. The van der Waals surface area contributed by atoms with E-state index in [4.69, 9.17) is 4.74 Å². The highest BCUT2D eigenvalue weighted by Crippen LogP contribution is 2.36. The highest BCUT2D eigenvalue weighted by Gasteiger charge is 2.15. The van der Waals surface area contributed by atoms with Crippen LogP contribution in [0.1, 0.15) is 5.56 Å². The summed E-state index contributed by atoms with van der Waals surface area (Å²) in [6, 6.07) is 6.60. The summed E-state index contributed by atoms with van der Waals surface area (Å²) in [5, 5.41) is 3.37. The highest BCUT2D eigenvalue weighted by atomic mass is 32.2. The van der Waals surface area contributed by atoms with Crippen molar-refractivity contribution in [2.75, 3.05) is 32.1 Å². The first-order valence-corrected chi connectivity index (χ1v) is 6.72. The molecule has 0 bridgehead atoms. The molecule has 1 N–H and O–H groups in total. The maximum Gasteiger partial charge on any atom is 0.138 e. The summed E-state index contributed by atoms with van der Waals surface area (Å²) in [6.45, 7) is 5.55. The summed E-state index contributed by atoms with van der Waals surface area (Å²) in [7, 11) is 0. The van der Waals surface area contributed by atoms with E-state index in [-0.39, 0.29) is 0 Å². The zero-order chi connectivity index (χ0) is 10.8. The molecule has 0 amide bonds. The Hall–Kier alpha value is -0.710. The highest BCUT2D eigenvalue weighted by molar-refractivity contribution is 7.99. The molecule has 0 aliphatic carbocycles. The second kappa shape index (κ2) is 4.65. The van der Waals surface area contributed by atoms with Crippen LogP contribution < -0.4 is 10.1 Å². The molecule has 2 heterocycles. The van der Waals surface area contributed by atoms with Gasteiger partial charge in [-0.1, -0.05) is 17.8 Å². The summed E-state index contributed by atoms with van der Waals surface area (Å²) < 4.78 is 5.56. The van der Waals surface area contributed by atoms with Crippen LogP contribution in [0.15, 0.2) is 23.1 Å². The summed E-state index contributed by atoms with van der Waals surface area (Å²) in [6.07, 6.45) is 0. The normalized spacial score (nSPS) is 20.5. The number of piperazine rings is 1. The molecule has 2 aliphatic heterocycles. The molecule has 1 fully saturated rings. The van der Waals surface area contributed by atoms with Crippen molar-refractivity contribution in [2.45, 2.75) is 11.4 Å². The zero-order valence-corrected chi connectivity index (χ0v) is 10.1. The van der Waals surface area contributed by atoms with Crippen LogP contribution in [0.5, 0.6) is 5.75 Å². The van der Waals surface area contributed by atoms with Crippen molar-refractivity contribution in [3.8, 4) is 5.75 Å². The summed E-state index contributed by atoms with van der Waals surface area (Å²) in [5.41, 5.74) is 1.36. The number of ether oxygens (including phenoxy) is 1. The van der Waals surface area contributed by atoms with Crippen molar-refractivity contribution in [3.63, 3.8) is 0 Å². The Balaban J connectivity index is 1.69. The minimum atomic E-state index is 0.770. The van der Waals surface area contributed by atoms with E-state index in [1.165, 1.54) is 10.5 Å². The Kier molecular flexibility index (Phi) is 3.04. The van der Waals surface area contributed by atoms with Crippen LogP contribution in [-0.2, 0) is 6.54 Å². The summed E-state index contributed by atoms with van der Waals surface area (Å²) in [4.78, 5) is 3.77. The molecular formula is C12H16N2OS. The molecule has 0 radical (unpaired) electrons. The van der Waals surface area contributed by atoms with Gasteiger partial charge in [0.05, 0.1) is 4.90 Å². The van der Waals surface area contributed by atoms with Crippen LogP contribution in [0.25, 0.3) is 0 Å². The third-order valence-corrected chi connectivity index (χ3v) is 3.94. The first kappa shape index (κ1) is 10.4. The van der Waals surface area contributed by atoms with E-state index in [1.54, 1.807) is 11.8 Å². The van der Waals surface area contributed by atoms with Gasteiger partial charge in [-0.3, -0.25) is 4.90 Å². The van der Waals surface area contributed by atoms with Gasteiger partial charge < -0.3 is 10.1 Å². The number of thioether (sulfide) groups is 1. The fraction of sp³-hybridized carbons (Fsp3) is 0.500. The van der Waals surface area contributed by atoms with Gasteiger partial charge in [-0.15, -0.1) is 0 Å². The summed E-state index contributed by atoms with van der Waals surface area (Å²) in [5.74, 6) is 1.84. The fourth-order valence-corrected chi connectivity index (χ4v) is 2.90. The van der Waals surface area contributed by atoms with E-state index in [0.717, 1.165) is 44.4 Å². The van der Waals surface area contributed by atoms with Gasteiger partial charge in [-0.2, -0.15) is 0 Å². The Bertz CT molecular complexity index is 377. The monoisotopic (exact) mass is 236 g/mol. The lowest BCUT2D eigenvalue weighted by molar-refractivity contribution is 0.233. The van der Waals surface area contributed by atoms with Gasteiger partial charge in [-0.25, -0.2) is 0 Å². The van der Waals surface area contributed by atoms with E-state index >= 15 is 0 Å². The van der Waals surface area contributed by atoms with Gasteiger partial charge in [0.25, 0.3) is 0 Å². The smallest absolute Gasteiger partial charge is 0.138 e. The van der Waals surface area contributed by atoms with Crippen molar-refractivity contribution in [2.24, 2.45) is 0 Å². The molecule has 3 rings (SSSR count). The van der Waals surface area contributed by atoms with Crippen LogP contribution in [0.4, 0.5) is 0 Å². The number of nitrogens with zero attached hydrogens (tertiary/aromatic N) is 1. The Morgan fingerprint density at radius 3 is 3.06 bits per heavy atom. The van der Waals surface area contributed by atoms with Crippen molar-refractivity contribution >= 4 is 11.8 Å². The van der Waals surface area contributed by atoms with Crippen LogP contribution in [0, 0.1) is 0 Å². The van der Waals surface area contributed by atoms with Gasteiger partial charge in [0.1, 0.15) is 11.7 Å². The number of hydrogen-bond donors (Lipinski definition) is 1. The molecule has 1 aromatic carbocycles. The fourth-order valence-electron chi connectivity index (χ4n) is 2.17. The van der Waals surface area contributed by atoms with Crippen LogP contribution in [-0.4, -0.2) is 37.0 Å². The molecule has 0 aromatic heterocycles. The predicted octanol–water partition coefficient (Wildman–Crippen LogP) is 1.53. The number of nitrogens with one attached hydrogen (secondary N) is 1. The van der Waals surface area contributed by atoms with Crippen molar-refractivity contribution in [1.29, 1.82) is 0 Å². The topological polar surface area (TPSA) is 24.5 Å². The quantitative estimate of drug-likeness (QED) is 0.842. The molecule has 0 unspecified atom stereocenters. The van der Waals surface area contributed by atoms with Gasteiger partial charge in [0.15, 0.2) is 0 Å². The lowest BCUT2D eigenvalue weighted by Crippen LogP contribution is -2.42. The second-order valence-corrected chi connectivity index (χ2v) is 5.18.